The van der Waals surface area contributed by atoms with Crippen molar-refractivity contribution < 1.29 is 13.9 Å². The van der Waals surface area contributed by atoms with Crippen LogP contribution in [0.2, 0.25) is 0 Å². The molecule has 0 aromatic heterocycles. The van der Waals surface area contributed by atoms with Crippen LogP contribution < -0.4 is 5.32 Å². The maximum atomic E-state index is 13.6. The van der Waals surface area contributed by atoms with Crippen LogP contribution in [0.3, 0.4) is 0 Å². The minimum Gasteiger partial charge on any atom is -0.326 e. The Balaban J connectivity index is 2.38. The summed E-state index contributed by atoms with van der Waals surface area (Å²) in [5.74, 6) is 0. The lowest BCUT2D eigenvalue weighted by Gasteiger charge is -2.24. The summed E-state index contributed by atoms with van der Waals surface area (Å²) in [5.41, 5.74) is 1.21. The van der Waals surface area contributed by atoms with E-state index in [1.165, 1.54) is 19.8 Å². The molecule has 0 aliphatic carbocycles. The molecule has 0 heterocycles. The Kier molecular flexibility index (Phi) is 5.55. The van der Waals surface area contributed by atoms with Gasteiger partial charge in [-0.1, -0.05) is 30.3 Å². The Morgan fingerprint density at radius 1 is 1.24 bits per heavy atom. The molecule has 0 spiro atoms. The van der Waals surface area contributed by atoms with Gasteiger partial charge in [-0.05, 0) is 18.9 Å². The molecule has 1 aromatic rings. The second-order valence-electron chi connectivity index (χ2n) is 4.04. The molecule has 1 unspecified atom stereocenters. The summed E-state index contributed by atoms with van der Waals surface area (Å²) in [4.78, 5) is 0. The number of benzene rings is 1. The van der Waals surface area contributed by atoms with E-state index in [1.54, 1.807) is 0 Å². The third kappa shape index (κ3) is 4.81. The van der Waals surface area contributed by atoms with Crippen LogP contribution in [0, 0.1) is 0 Å². The summed E-state index contributed by atoms with van der Waals surface area (Å²) in [7, 11) is 2.57. The summed E-state index contributed by atoms with van der Waals surface area (Å²) < 4.78 is 22.9. The van der Waals surface area contributed by atoms with Crippen LogP contribution in [0.25, 0.3) is 0 Å². The van der Waals surface area contributed by atoms with Crippen LogP contribution >= 0.6 is 0 Å². The highest BCUT2D eigenvalue weighted by atomic mass is 19.2. The maximum Gasteiger partial charge on any atom is 0.332 e. The Hall–Kier alpha value is -0.970. The fraction of sp³-hybridized carbons (Fsp3) is 0.538. The number of ether oxygens (including phenoxy) is 2. The molecule has 17 heavy (non-hydrogen) atoms. The first kappa shape index (κ1) is 14.1. The van der Waals surface area contributed by atoms with Crippen LogP contribution in [0.15, 0.2) is 30.3 Å². The molecule has 96 valence electrons. The summed E-state index contributed by atoms with van der Waals surface area (Å²) >= 11 is 0. The number of rotatable bonds is 7. The largest absolute Gasteiger partial charge is 0.332 e. The van der Waals surface area contributed by atoms with Crippen molar-refractivity contribution >= 4 is 0 Å². The van der Waals surface area contributed by atoms with Gasteiger partial charge < -0.3 is 14.8 Å². The molecule has 3 nitrogen and oxygen atoms in total. The fourth-order valence-electron chi connectivity index (χ4n) is 1.56. The minimum absolute atomic E-state index is 0.00794. The molecule has 0 saturated heterocycles. The van der Waals surface area contributed by atoms with Crippen molar-refractivity contribution in [1.82, 2.24) is 5.32 Å². The van der Waals surface area contributed by atoms with Gasteiger partial charge in [-0.2, -0.15) is 4.39 Å². The second kappa shape index (κ2) is 6.69. The summed E-state index contributed by atoms with van der Waals surface area (Å²) in [6.45, 7) is 2.01. The molecule has 1 rings (SSSR count). The molecule has 0 amide bonds. The molecule has 4 heteroatoms. The van der Waals surface area contributed by atoms with Gasteiger partial charge in [-0.15, -0.1) is 0 Å². The lowest BCUT2D eigenvalue weighted by molar-refractivity contribution is -0.288. The molecule has 0 aliphatic rings. The van der Waals surface area contributed by atoms with Crippen molar-refractivity contribution in [2.24, 2.45) is 0 Å². The van der Waals surface area contributed by atoms with E-state index in [4.69, 9.17) is 0 Å². The van der Waals surface area contributed by atoms with Gasteiger partial charge >= 0.3 is 6.04 Å². The summed E-state index contributed by atoms with van der Waals surface area (Å²) in [5, 5.41) is 3.05. The minimum atomic E-state index is -2.05. The van der Waals surface area contributed by atoms with Gasteiger partial charge in [-0.3, -0.25) is 0 Å². The maximum absolute atomic E-state index is 13.6. The van der Waals surface area contributed by atoms with E-state index in [0.717, 1.165) is 6.42 Å². The van der Waals surface area contributed by atoms with Crippen molar-refractivity contribution in [3.8, 4) is 0 Å². The van der Waals surface area contributed by atoms with Gasteiger partial charge in [0, 0.05) is 20.3 Å². The van der Waals surface area contributed by atoms with Crippen LogP contribution in [0.5, 0.6) is 0 Å². The summed E-state index contributed by atoms with van der Waals surface area (Å²) in [6, 6.07) is 8.16. The molecular weight excluding hydrogens is 221 g/mol. The zero-order chi connectivity index (χ0) is 12.7. The lowest BCUT2D eigenvalue weighted by atomic mass is 10.1. The van der Waals surface area contributed by atoms with E-state index in [0.29, 0.717) is 0 Å². The summed E-state index contributed by atoms with van der Waals surface area (Å²) in [6.07, 6.45) is 0.838. The van der Waals surface area contributed by atoms with E-state index < -0.39 is 6.04 Å². The van der Waals surface area contributed by atoms with Gasteiger partial charge in [-0.25, -0.2) is 0 Å². The van der Waals surface area contributed by atoms with Crippen LogP contribution in [0.1, 0.15) is 12.5 Å². The number of nitrogens with one attached hydrogen (secondary N) is 1. The van der Waals surface area contributed by atoms with Gasteiger partial charge in [0.1, 0.15) is 0 Å². The number of halogens is 1. The second-order valence-corrected chi connectivity index (χ2v) is 4.04. The molecule has 0 bridgehead atoms. The van der Waals surface area contributed by atoms with E-state index in [1.807, 2.05) is 37.3 Å². The van der Waals surface area contributed by atoms with Gasteiger partial charge in [0.2, 0.25) is 0 Å². The average molecular weight is 241 g/mol. The van der Waals surface area contributed by atoms with E-state index in [2.05, 4.69) is 14.8 Å². The molecule has 1 N–H and O–H groups in total. The molecule has 1 aromatic carbocycles. The third-order valence-corrected chi connectivity index (χ3v) is 2.66. The highest BCUT2D eigenvalue weighted by Crippen LogP contribution is 2.12. The highest BCUT2D eigenvalue weighted by Gasteiger charge is 2.28. The van der Waals surface area contributed by atoms with E-state index >= 15 is 0 Å². The normalized spacial score (nSPS) is 13.6. The molecular formula is C13H20FNO2. The molecule has 0 radical (unpaired) electrons. The van der Waals surface area contributed by atoms with Crippen molar-refractivity contribution in [2.45, 2.75) is 25.4 Å². The smallest absolute Gasteiger partial charge is 0.326 e. The fourth-order valence-corrected chi connectivity index (χ4v) is 1.56. The van der Waals surface area contributed by atoms with Crippen molar-refractivity contribution in [2.75, 3.05) is 20.8 Å². The lowest BCUT2D eigenvalue weighted by Crippen LogP contribution is -2.43. The highest BCUT2D eigenvalue weighted by molar-refractivity contribution is 5.15. The Labute approximate surface area is 102 Å². The quantitative estimate of drug-likeness (QED) is 0.742. The van der Waals surface area contributed by atoms with E-state index in [-0.39, 0.29) is 12.6 Å². The number of hydrogen-bond donors (Lipinski definition) is 1. The number of methoxy groups -OCH3 is 2. The molecule has 1 atom stereocenters. The average Bonchev–Trinajstić information content (AvgIpc) is 2.37. The van der Waals surface area contributed by atoms with Gasteiger partial charge in [0.25, 0.3) is 0 Å². The standard InChI is InChI=1S/C13H20FNO2/c1-11(9-12-7-5-4-6-8-12)15-10-13(14,16-2)17-3/h4-8,11,15H,9-10H2,1-3H3. The van der Waals surface area contributed by atoms with Crippen LogP contribution in [-0.2, 0) is 15.9 Å². The van der Waals surface area contributed by atoms with Crippen molar-refractivity contribution in [1.29, 1.82) is 0 Å². The predicted octanol–water partition coefficient (Wildman–Crippen LogP) is 2.12. The molecule has 0 aliphatic heterocycles. The monoisotopic (exact) mass is 241 g/mol. The van der Waals surface area contributed by atoms with Crippen molar-refractivity contribution in [3.63, 3.8) is 0 Å². The SMILES string of the molecule is COC(F)(CNC(C)Cc1ccccc1)OC. The Bertz CT molecular complexity index is 314. The van der Waals surface area contributed by atoms with E-state index in [9.17, 15) is 4.39 Å². The Morgan fingerprint density at radius 3 is 2.35 bits per heavy atom. The topological polar surface area (TPSA) is 30.5 Å². The zero-order valence-electron chi connectivity index (χ0n) is 10.6. The van der Waals surface area contributed by atoms with Crippen molar-refractivity contribution in [3.05, 3.63) is 35.9 Å². The molecule has 0 saturated carbocycles. The van der Waals surface area contributed by atoms with Crippen LogP contribution in [-0.4, -0.2) is 32.8 Å². The first-order valence-electron chi connectivity index (χ1n) is 5.66. The van der Waals surface area contributed by atoms with Gasteiger partial charge in [0.15, 0.2) is 0 Å². The van der Waals surface area contributed by atoms with Gasteiger partial charge in [0.05, 0.1) is 6.54 Å². The zero-order valence-corrected chi connectivity index (χ0v) is 10.6. The predicted molar refractivity (Wildman–Crippen MR) is 65.5 cm³/mol. The first-order valence-corrected chi connectivity index (χ1v) is 5.66. The number of alkyl halides is 1. The Morgan fingerprint density at radius 2 is 1.82 bits per heavy atom. The molecule has 0 fully saturated rings. The number of hydrogen-bond acceptors (Lipinski definition) is 3. The first-order chi connectivity index (χ1) is 8.09. The van der Waals surface area contributed by atoms with Crippen LogP contribution in [0.4, 0.5) is 4.39 Å². The third-order valence-electron chi connectivity index (χ3n) is 2.66.